The molecular formula is C29H29NO4S2. The molecule has 1 saturated heterocycles. The summed E-state index contributed by atoms with van der Waals surface area (Å²) in [5.74, 6) is 0.698. The standard InChI is InChI=1S/C29H29NO4S2/c1-29(2)16-18(10-12-34-29)28(32)30-11-13-33-26-20(17-30)14-19(15-22(26)31)21-6-5-9-25-27(21)36-24-8-4-3-7-23(24)35-25/h3-9,14-15,18,31H,10-13,16-17H2,1-2H3. The molecule has 1 atom stereocenters. The Balaban J connectivity index is 1.33. The summed E-state index contributed by atoms with van der Waals surface area (Å²) >= 11 is 3.54. The Hall–Kier alpha value is -2.61. The minimum atomic E-state index is -0.287. The number of hydrogen-bond acceptors (Lipinski definition) is 6. The van der Waals surface area contributed by atoms with Gasteiger partial charge in [-0.1, -0.05) is 47.8 Å². The third kappa shape index (κ3) is 4.49. The van der Waals surface area contributed by atoms with Crippen LogP contribution in [0.1, 0.15) is 32.3 Å². The Morgan fingerprint density at radius 1 is 1.03 bits per heavy atom. The van der Waals surface area contributed by atoms with E-state index in [-0.39, 0.29) is 23.2 Å². The van der Waals surface area contributed by atoms with E-state index in [0.29, 0.717) is 38.5 Å². The number of fused-ring (bicyclic) bond motifs is 3. The first-order valence-electron chi connectivity index (χ1n) is 12.4. The maximum atomic E-state index is 13.5. The highest BCUT2D eigenvalue weighted by Gasteiger charge is 2.36. The number of benzene rings is 3. The zero-order valence-corrected chi connectivity index (χ0v) is 22.1. The van der Waals surface area contributed by atoms with E-state index in [0.717, 1.165) is 23.1 Å². The van der Waals surface area contributed by atoms with Crippen LogP contribution >= 0.6 is 23.5 Å². The summed E-state index contributed by atoms with van der Waals surface area (Å²) in [5, 5.41) is 11.0. The van der Waals surface area contributed by atoms with Gasteiger partial charge in [-0.25, -0.2) is 0 Å². The molecule has 1 fully saturated rings. The van der Waals surface area contributed by atoms with E-state index in [2.05, 4.69) is 48.5 Å². The molecule has 3 heterocycles. The Morgan fingerprint density at radius 2 is 1.81 bits per heavy atom. The molecular weight excluding hydrogens is 490 g/mol. The summed E-state index contributed by atoms with van der Waals surface area (Å²) in [6.07, 6.45) is 1.46. The van der Waals surface area contributed by atoms with Gasteiger partial charge in [-0.15, -0.1) is 0 Å². The molecule has 1 unspecified atom stereocenters. The Kier molecular flexibility index (Phi) is 6.18. The van der Waals surface area contributed by atoms with Crippen LogP contribution in [0.15, 0.2) is 74.2 Å². The van der Waals surface area contributed by atoms with Crippen LogP contribution in [0.3, 0.4) is 0 Å². The molecule has 0 spiro atoms. The predicted octanol–water partition coefficient (Wildman–Crippen LogP) is 6.60. The monoisotopic (exact) mass is 519 g/mol. The zero-order valence-electron chi connectivity index (χ0n) is 20.5. The number of ether oxygens (including phenoxy) is 2. The summed E-state index contributed by atoms with van der Waals surface area (Å²) in [4.78, 5) is 20.3. The molecule has 0 aliphatic carbocycles. The van der Waals surface area contributed by atoms with E-state index in [9.17, 15) is 9.90 Å². The molecule has 5 nitrogen and oxygen atoms in total. The van der Waals surface area contributed by atoms with Crippen LogP contribution in [-0.4, -0.2) is 41.3 Å². The Bertz CT molecular complexity index is 1340. The van der Waals surface area contributed by atoms with Gasteiger partial charge >= 0.3 is 0 Å². The molecule has 3 aliphatic heterocycles. The maximum absolute atomic E-state index is 13.5. The van der Waals surface area contributed by atoms with Crippen LogP contribution in [0.25, 0.3) is 11.1 Å². The van der Waals surface area contributed by atoms with Gasteiger partial charge in [0.2, 0.25) is 5.91 Å². The molecule has 0 aromatic heterocycles. The fourth-order valence-electron chi connectivity index (χ4n) is 5.32. The van der Waals surface area contributed by atoms with E-state index in [4.69, 9.17) is 9.47 Å². The smallest absolute Gasteiger partial charge is 0.226 e. The summed E-state index contributed by atoms with van der Waals surface area (Å²) in [6.45, 7) is 5.99. The van der Waals surface area contributed by atoms with Crippen LogP contribution in [0.5, 0.6) is 11.5 Å². The number of carbonyl (C=O) groups is 1. The topological polar surface area (TPSA) is 59.0 Å². The van der Waals surface area contributed by atoms with Crippen molar-refractivity contribution in [2.24, 2.45) is 5.92 Å². The molecule has 7 heteroatoms. The van der Waals surface area contributed by atoms with Gasteiger partial charge in [-0.05, 0) is 68.1 Å². The number of rotatable bonds is 2. The van der Waals surface area contributed by atoms with Crippen LogP contribution in [0.4, 0.5) is 0 Å². The van der Waals surface area contributed by atoms with Gasteiger partial charge < -0.3 is 19.5 Å². The predicted molar refractivity (Wildman–Crippen MR) is 142 cm³/mol. The fraction of sp³-hybridized carbons (Fsp3) is 0.345. The Morgan fingerprint density at radius 3 is 2.61 bits per heavy atom. The number of amides is 1. The first kappa shape index (κ1) is 23.8. The van der Waals surface area contributed by atoms with E-state index >= 15 is 0 Å². The molecule has 0 radical (unpaired) electrons. The minimum Gasteiger partial charge on any atom is -0.504 e. The number of hydrogen-bond donors (Lipinski definition) is 1. The summed E-state index contributed by atoms with van der Waals surface area (Å²) in [6, 6.07) is 18.6. The van der Waals surface area contributed by atoms with E-state index < -0.39 is 0 Å². The SMILES string of the molecule is CC1(C)CC(C(=O)N2CCOc3c(O)cc(-c4cccc5c4Sc4ccccc4S5)cc3C2)CCO1. The lowest BCUT2D eigenvalue weighted by molar-refractivity contribution is -0.146. The van der Waals surface area contributed by atoms with E-state index in [1.165, 1.54) is 19.6 Å². The van der Waals surface area contributed by atoms with Crippen LogP contribution in [-0.2, 0) is 16.1 Å². The molecule has 0 saturated carbocycles. The van der Waals surface area contributed by atoms with Crippen LogP contribution in [0.2, 0.25) is 0 Å². The molecule has 3 aromatic rings. The fourth-order valence-corrected chi connectivity index (χ4v) is 7.72. The lowest BCUT2D eigenvalue weighted by Gasteiger charge is -2.36. The number of nitrogens with zero attached hydrogens (tertiary/aromatic N) is 1. The van der Waals surface area contributed by atoms with Crippen molar-refractivity contribution in [2.45, 2.75) is 58.4 Å². The van der Waals surface area contributed by atoms with Crippen LogP contribution < -0.4 is 4.74 Å². The van der Waals surface area contributed by atoms with Crippen LogP contribution in [0, 0.1) is 5.92 Å². The average Bonchev–Trinajstić information content (AvgIpc) is 3.09. The minimum absolute atomic E-state index is 0.0540. The highest BCUT2D eigenvalue weighted by Crippen LogP contribution is 2.52. The summed E-state index contributed by atoms with van der Waals surface area (Å²) in [5.41, 5.74) is 2.56. The summed E-state index contributed by atoms with van der Waals surface area (Å²) in [7, 11) is 0. The van der Waals surface area contributed by atoms with Gasteiger partial charge in [0.15, 0.2) is 11.5 Å². The lowest BCUT2D eigenvalue weighted by Crippen LogP contribution is -2.43. The molecule has 6 rings (SSSR count). The van der Waals surface area contributed by atoms with Gasteiger partial charge in [0.1, 0.15) is 6.61 Å². The number of carbonyl (C=O) groups excluding carboxylic acids is 1. The zero-order chi connectivity index (χ0) is 24.9. The summed E-state index contributed by atoms with van der Waals surface area (Å²) < 4.78 is 11.8. The molecule has 1 amide bonds. The van der Waals surface area contributed by atoms with Crippen molar-refractivity contribution in [1.29, 1.82) is 0 Å². The molecule has 186 valence electrons. The Labute approximate surface area is 220 Å². The van der Waals surface area contributed by atoms with Gasteiger partial charge in [0.05, 0.1) is 12.1 Å². The first-order chi connectivity index (χ1) is 17.4. The number of phenols is 1. The highest BCUT2D eigenvalue weighted by molar-refractivity contribution is 8.05. The van der Waals surface area contributed by atoms with Gasteiger partial charge in [-0.2, -0.15) is 0 Å². The third-order valence-electron chi connectivity index (χ3n) is 7.04. The maximum Gasteiger partial charge on any atom is 0.226 e. The van der Waals surface area contributed by atoms with Gasteiger partial charge in [0.25, 0.3) is 0 Å². The van der Waals surface area contributed by atoms with Crippen molar-refractivity contribution in [3.63, 3.8) is 0 Å². The second-order valence-electron chi connectivity index (χ2n) is 10.2. The molecule has 36 heavy (non-hydrogen) atoms. The number of phenolic OH excluding ortho intramolecular Hbond substituents is 1. The van der Waals surface area contributed by atoms with Gasteiger partial charge in [0, 0.05) is 44.2 Å². The lowest BCUT2D eigenvalue weighted by atomic mass is 9.87. The van der Waals surface area contributed by atoms with Crippen molar-refractivity contribution < 1.29 is 19.4 Å². The van der Waals surface area contributed by atoms with Crippen molar-refractivity contribution in [1.82, 2.24) is 4.90 Å². The highest BCUT2D eigenvalue weighted by atomic mass is 32.2. The van der Waals surface area contributed by atoms with Crippen molar-refractivity contribution in [2.75, 3.05) is 19.8 Å². The normalized spacial score (nSPS) is 20.4. The van der Waals surface area contributed by atoms with E-state index in [1.54, 1.807) is 29.6 Å². The average molecular weight is 520 g/mol. The van der Waals surface area contributed by atoms with Crippen molar-refractivity contribution >= 4 is 29.4 Å². The van der Waals surface area contributed by atoms with E-state index in [1.807, 2.05) is 18.7 Å². The molecule has 3 aliphatic rings. The quantitative estimate of drug-likeness (QED) is 0.322. The third-order valence-corrected chi connectivity index (χ3v) is 9.66. The molecule has 3 aromatic carbocycles. The second-order valence-corrected chi connectivity index (χ2v) is 12.3. The first-order valence-corrected chi connectivity index (χ1v) is 14.0. The van der Waals surface area contributed by atoms with Crippen molar-refractivity contribution in [3.05, 3.63) is 60.2 Å². The van der Waals surface area contributed by atoms with Crippen molar-refractivity contribution in [3.8, 4) is 22.6 Å². The molecule has 0 bridgehead atoms. The van der Waals surface area contributed by atoms with Gasteiger partial charge in [-0.3, -0.25) is 4.79 Å². The largest absolute Gasteiger partial charge is 0.504 e. The molecule has 1 N–H and O–H groups in total. The number of aromatic hydroxyl groups is 1. The second kappa shape index (κ2) is 9.36.